The van der Waals surface area contributed by atoms with E-state index in [4.69, 9.17) is 0 Å². The summed E-state index contributed by atoms with van der Waals surface area (Å²) < 4.78 is 35.5. The number of benzene rings is 1. The third-order valence-corrected chi connectivity index (χ3v) is 1.98. The number of thiol groups is 1. The molecule has 0 saturated carbocycles. The largest absolute Gasteiger partial charge is 0.482 e. The molecule has 72 valence electrons. The van der Waals surface area contributed by atoms with Crippen molar-refractivity contribution in [3.05, 3.63) is 23.8 Å². The van der Waals surface area contributed by atoms with Gasteiger partial charge in [0.15, 0.2) is 0 Å². The zero-order valence-electron chi connectivity index (χ0n) is 6.81. The van der Waals surface area contributed by atoms with Gasteiger partial charge in [0.1, 0.15) is 0 Å². The summed E-state index contributed by atoms with van der Waals surface area (Å²) in [6.45, 7) is 1.78. The number of hydrogen-bond donors (Lipinski definition) is 2. The minimum atomic E-state index is -4.39. The molecule has 13 heavy (non-hydrogen) atoms. The second-order valence-corrected chi connectivity index (χ2v) is 3.11. The molecule has 1 N–H and O–H groups in total. The SMILES string of the molecule is Cc1ccc(NC(F)(F)F)cc1S. The maximum absolute atomic E-state index is 11.8. The van der Waals surface area contributed by atoms with Crippen molar-refractivity contribution in [3.63, 3.8) is 0 Å². The van der Waals surface area contributed by atoms with Gasteiger partial charge in [-0.3, -0.25) is 5.32 Å². The van der Waals surface area contributed by atoms with Crippen molar-refractivity contribution in [3.8, 4) is 0 Å². The highest BCUT2D eigenvalue weighted by molar-refractivity contribution is 7.80. The van der Waals surface area contributed by atoms with Crippen LogP contribution < -0.4 is 5.32 Å². The quantitative estimate of drug-likeness (QED) is 0.532. The molecule has 0 heterocycles. The van der Waals surface area contributed by atoms with Gasteiger partial charge in [0.05, 0.1) is 0 Å². The van der Waals surface area contributed by atoms with E-state index >= 15 is 0 Å². The van der Waals surface area contributed by atoms with Gasteiger partial charge in [-0.25, -0.2) is 0 Å². The van der Waals surface area contributed by atoms with Crippen LogP contribution in [0.4, 0.5) is 18.9 Å². The van der Waals surface area contributed by atoms with E-state index in [0.29, 0.717) is 4.90 Å². The first kappa shape index (κ1) is 10.2. The van der Waals surface area contributed by atoms with Crippen LogP contribution in [0.2, 0.25) is 0 Å². The summed E-state index contributed by atoms with van der Waals surface area (Å²) >= 11 is 4.01. The molecule has 1 aromatic rings. The Labute approximate surface area is 79.4 Å². The standard InChI is InChI=1S/C8H8F3NS/c1-5-2-3-6(4-7(5)13)12-8(9,10)11/h2-4,12-13H,1H3. The topological polar surface area (TPSA) is 12.0 Å². The Hall–Kier alpha value is -0.840. The molecule has 0 aliphatic rings. The first-order valence-corrected chi connectivity index (χ1v) is 3.98. The summed E-state index contributed by atoms with van der Waals surface area (Å²) in [5, 5.41) is 1.40. The number of hydrogen-bond acceptors (Lipinski definition) is 2. The number of rotatable bonds is 1. The first-order valence-electron chi connectivity index (χ1n) is 3.53. The van der Waals surface area contributed by atoms with Gasteiger partial charge in [-0.2, -0.15) is 13.2 Å². The summed E-state index contributed by atoms with van der Waals surface area (Å²) in [5.74, 6) is 0. The molecule has 0 saturated heterocycles. The Morgan fingerprint density at radius 1 is 1.31 bits per heavy atom. The Bertz CT molecular complexity index is 309. The molecule has 0 aliphatic carbocycles. The smallest absolute Gasteiger partial charge is 0.297 e. The summed E-state index contributed by atoms with van der Waals surface area (Å²) in [5.41, 5.74) is 0.846. The van der Waals surface area contributed by atoms with Crippen molar-refractivity contribution in [2.24, 2.45) is 0 Å². The van der Waals surface area contributed by atoms with E-state index in [-0.39, 0.29) is 5.69 Å². The Morgan fingerprint density at radius 3 is 2.38 bits per heavy atom. The summed E-state index contributed by atoms with van der Waals surface area (Å²) in [6, 6.07) is 4.28. The lowest BCUT2D eigenvalue weighted by Crippen LogP contribution is -2.20. The van der Waals surface area contributed by atoms with Gasteiger partial charge >= 0.3 is 6.30 Å². The molecule has 0 unspecified atom stereocenters. The van der Waals surface area contributed by atoms with Gasteiger partial charge in [-0.05, 0) is 24.6 Å². The molecular formula is C8H8F3NS. The maximum Gasteiger partial charge on any atom is 0.482 e. The maximum atomic E-state index is 11.8. The molecule has 0 fully saturated rings. The minimum absolute atomic E-state index is 0.00287. The van der Waals surface area contributed by atoms with E-state index < -0.39 is 6.30 Å². The minimum Gasteiger partial charge on any atom is -0.297 e. The van der Waals surface area contributed by atoms with Crippen molar-refractivity contribution in [1.29, 1.82) is 0 Å². The van der Waals surface area contributed by atoms with E-state index in [1.54, 1.807) is 13.0 Å². The fourth-order valence-corrected chi connectivity index (χ4v) is 1.06. The van der Waals surface area contributed by atoms with Crippen LogP contribution in [0.15, 0.2) is 23.1 Å². The van der Waals surface area contributed by atoms with Crippen LogP contribution in [0.5, 0.6) is 0 Å². The Balaban J connectivity index is 2.86. The van der Waals surface area contributed by atoms with Crippen LogP contribution in [0.1, 0.15) is 5.56 Å². The molecule has 0 radical (unpaired) electrons. The van der Waals surface area contributed by atoms with Crippen molar-refractivity contribution >= 4 is 18.3 Å². The van der Waals surface area contributed by atoms with Crippen molar-refractivity contribution in [1.82, 2.24) is 0 Å². The number of nitrogens with one attached hydrogen (secondary N) is 1. The summed E-state index contributed by atoms with van der Waals surface area (Å²) in [6.07, 6.45) is -4.39. The van der Waals surface area contributed by atoms with Gasteiger partial charge in [0.25, 0.3) is 0 Å². The lowest BCUT2D eigenvalue weighted by atomic mass is 10.2. The third-order valence-electron chi connectivity index (χ3n) is 1.50. The third kappa shape index (κ3) is 3.18. The zero-order valence-corrected chi connectivity index (χ0v) is 7.71. The summed E-state index contributed by atoms with van der Waals surface area (Å²) in [7, 11) is 0. The molecule has 1 rings (SSSR count). The van der Waals surface area contributed by atoms with Gasteiger partial charge in [0, 0.05) is 10.6 Å². The van der Waals surface area contributed by atoms with Crippen LogP contribution in [0.25, 0.3) is 0 Å². The number of anilines is 1. The average Bonchev–Trinajstić information content (AvgIpc) is 1.94. The second kappa shape index (κ2) is 3.49. The highest BCUT2D eigenvalue weighted by Gasteiger charge is 2.26. The van der Waals surface area contributed by atoms with Crippen molar-refractivity contribution in [2.75, 3.05) is 5.32 Å². The number of alkyl halides is 3. The van der Waals surface area contributed by atoms with Gasteiger partial charge in [0.2, 0.25) is 0 Å². The van der Waals surface area contributed by atoms with Crippen LogP contribution in [0.3, 0.4) is 0 Å². The number of aryl methyl sites for hydroxylation is 1. The van der Waals surface area contributed by atoms with Gasteiger partial charge < -0.3 is 0 Å². The molecule has 1 aromatic carbocycles. The lowest BCUT2D eigenvalue weighted by molar-refractivity contribution is -0.0999. The fraction of sp³-hybridized carbons (Fsp3) is 0.250. The molecule has 1 nitrogen and oxygen atoms in total. The fourth-order valence-electron chi connectivity index (χ4n) is 0.851. The summed E-state index contributed by atoms with van der Waals surface area (Å²) in [4.78, 5) is 0.536. The first-order chi connectivity index (χ1) is 5.88. The second-order valence-electron chi connectivity index (χ2n) is 2.62. The van der Waals surface area contributed by atoms with E-state index in [1.807, 2.05) is 0 Å². The van der Waals surface area contributed by atoms with Crippen LogP contribution in [-0.2, 0) is 0 Å². The average molecular weight is 207 g/mol. The molecule has 0 amide bonds. The molecule has 5 heteroatoms. The highest BCUT2D eigenvalue weighted by atomic mass is 32.1. The molecule has 0 bridgehead atoms. The predicted octanol–water partition coefficient (Wildman–Crippen LogP) is 3.22. The zero-order chi connectivity index (χ0) is 10.1. The molecule has 0 atom stereocenters. The van der Waals surface area contributed by atoms with Gasteiger partial charge in [-0.1, -0.05) is 6.07 Å². The van der Waals surface area contributed by atoms with Crippen molar-refractivity contribution in [2.45, 2.75) is 18.1 Å². The van der Waals surface area contributed by atoms with Crippen molar-refractivity contribution < 1.29 is 13.2 Å². The van der Waals surface area contributed by atoms with E-state index in [0.717, 1.165) is 5.56 Å². The van der Waals surface area contributed by atoms with Crippen LogP contribution in [0, 0.1) is 6.92 Å². The van der Waals surface area contributed by atoms with E-state index in [9.17, 15) is 13.2 Å². The molecular weight excluding hydrogens is 199 g/mol. The normalized spacial score (nSPS) is 11.5. The molecule has 0 spiro atoms. The monoisotopic (exact) mass is 207 g/mol. The Morgan fingerprint density at radius 2 is 1.92 bits per heavy atom. The predicted molar refractivity (Wildman–Crippen MR) is 48.1 cm³/mol. The van der Waals surface area contributed by atoms with E-state index in [1.165, 1.54) is 17.4 Å². The van der Waals surface area contributed by atoms with E-state index in [2.05, 4.69) is 12.6 Å². The molecule has 0 aromatic heterocycles. The molecule has 0 aliphatic heterocycles. The van der Waals surface area contributed by atoms with Crippen LogP contribution >= 0.6 is 12.6 Å². The number of halogens is 3. The lowest BCUT2D eigenvalue weighted by Gasteiger charge is -2.10. The van der Waals surface area contributed by atoms with Crippen LogP contribution in [-0.4, -0.2) is 6.30 Å². The Kier molecular flexibility index (Phi) is 2.75. The highest BCUT2D eigenvalue weighted by Crippen LogP contribution is 2.23. The van der Waals surface area contributed by atoms with Gasteiger partial charge in [-0.15, -0.1) is 12.6 Å².